The largest absolute Gasteiger partial charge is 0.304 e. The highest BCUT2D eigenvalue weighted by atomic mass is 32.2. The Bertz CT molecular complexity index is 1390. The highest BCUT2D eigenvalue weighted by Gasteiger charge is 2.69. The van der Waals surface area contributed by atoms with E-state index in [4.69, 9.17) is 0 Å². The number of halogens is 1. The topological polar surface area (TPSA) is 74.8 Å². The first-order chi connectivity index (χ1) is 15.8. The first-order valence-electron chi connectivity index (χ1n) is 10.6. The van der Waals surface area contributed by atoms with Gasteiger partial charge in [-0.05, 0) is 36.2 Å². The summed E-state index contributed by atoms with van der Waals surface area (Å²) in [6.45, 7) is 1.83. The van der Waals surface area contributed by atoms with Crippen molar-refractivity contribution in [1.29, 1.82) is 0 Å². The zero-order valence-corrected chi connectivity index (χ0v) is 18.7. The number of amides is 2. The van der Waals surface area contributed by atoms with Crippen LogP contribution >= 0.6 is 0 Å². The van der Waals surface area contributed by atoms with Gasteiger partial charge in [0.2, 0.25) is 5.91 Å². The number of para-hydroxylation sites is 1. The Kier molecular flexibility index (Phi) is 4.86. The van der Waals surface area contributed by atoms with Gasteiger partial charge in [-0.25, -0.2) is 12.8 Å². The Morgan fingerprint density at radius 1 is 0.939 bits per heavy atom. The number of hydrogen-bond acceptors (Lipinski definition) is 4. The Morgan fingerprint density at radius 3 is 2.30 bits per heavy atom. The van der Waals surface area contributed by atoms with E-state index in [1.807, 2.05) is 19.1 Å². The number of hydrogen-bond donors (Lipinski definition) is 0. The smallest absolute Gasteiger partial charge is 0.274 e. The Hall–Kier alpha value is -3.52. The van der Waals surface area contributed by atoms with E-state index in [9.17, 15) is 22.4 Å². The number of carbonyl (C=O) groups excluding carboxylic acids is 2. The normalized spacial score (nSPS) is 21.2. The summed E-state index contributed by atoms with van der Waals surface area (Å²) in [5.41, 5.74) is 2.14. The third kappa shape index (κ3) is 2.94. The molecule has 0 radical (unpaired) electrons. The molecule has 0 bridgehead atoms. The van der Waals surface area contributed by atoms with Gasteiger partial charge in [-0.2, -0.15) is 0 Å². The lowest BCUT2D eigenvalue weighted by Crippen LogP contribution is -2.54. The standard InChI is InChI=1S/C25H21FN2O4S/c1-2-17-11-13-19(14-12-17)28-23(29)16-33(31,32)25(28)20-8-4-6-10-22(20)27(24(25)30)15-18-7-3-5-9-21(18)26/h3-14H,2,15-16H2,1H3/t25-/m0/s1. The zero-order chi connectivity index (χ0) is 23.4. The molecule has 33 heavy (non-hydrogen) atoms. The van der Waals surface area contributed by atoms with Crippen molar-refractivity contribution in [3.8, 4) is 0 Å². The lowest BCUT2D eigenvalue weighted by Gasteiger charge is -2.32. The van der Waals surface area contributed by atoms with Gasteiger partial charge in [0.1, 0.15) is 11.6 Å². The zero-order valence-electron chi connectivity index (χ0n) is 17.9. The predicted molar refractivity (Wildman–Crippen MR) is 123 cm³/mol. The second kappa shape index (κ2) is 7.52. The molecule has 2 aliphatic rings. The van der Waals surface area contributed by atoms with Crippen molar-refractivity contribution in [3.05, 3.63) is 95.3 Å². The van der Waals surface area contributed by atoms with Crippen LogP contribution in [0.4, 0.5) is 15.8 Å². The monoisotopic (exact) mass is 464 g/mol. The second-order valence-corrected chi connectivity index (χ2v) is 10.3. The maximum Gasteiger partial charge on any atom is 0.274 e. The third-order valence-corrected chi connectivity index (χ3v) is 8.42. The molecule has 1 fully saturated rings. The van der Waals surface area contributed by atoms with E-state index in [1.165, 1.54) is 11.0 Å². The van der Waals surface area contributed by atoms with Crippen molar-refractivity contribution in [2.24, 2.45) is 0 Å². The van der Waals surface area contributed by atoms with E-state index in [0.29, 0.717) is 11.4 Å². The van der Waals surface area contributed by atoms with Gasteiger partial charge < -0.3 is 4.90 Å². The van der Waals surface area contributed by atoms with Crippen LogP contribution in [0.15, 0.2) is 72.8 Å². The maximum atomic E-state index is 14.4. The Balaban J connectivity index is 1.72. The van der Waals surface area contributed by atoms with Crippen LogP contribution in [-0.4, -0.2) is 26.0 Å². The maximum absolute atomic E-state index is 14.4. The van der Waals surface area contributed by atoms with E-state index < -0.39 is 38.1 Å². The molecule has 3 aromatic carbocycles. The predicted octanol–water partition coefficient (Wildman–Crippen LogP) is 3.55. The van der Waals surface area contributed by atoms with Gasteiger partial charge in [-0.15, -0.1) is 0 Å². The quantitative estimate of drug-likeness (QED) is 0.592. The average Bonchev–Trinajstić information content (AvgIpc) is 3.18. The molecular weight excluding hydrogens is 443 g/mol. The highest BCUT2D eigenvalue weighted by molar-refractivity contribution is 7.94. The van der Waals surface area contributed by atoms with Gasteiger partial charge >= 0.3 is 0 Å². The molecule has 0 saturated carbocycles. The van der Waals surface area contributed by atoms with Gasteiger partial charge in [0, 0.05) is 16.8 Å². The number of anilines is 2. The molecule has 3 aromatic rings. The minimum atomic E-state index is -4.26. The van der Waals surface area contributed by atoms with Gasteiger partial charge in [-0.3, -0.25) is 14.5 Å². The molecule has 6 nitrogen and oxygen atoms in total. The summed E-state index contributed by atoms with van der Waals surface area (Å²) in [6.07, 6.45) is 0.774. The van der Waals surface area contributed by atoms with Gasteiger partial charge in [0.05, 0.1) is 12.2 Å². The van der Waals surface area contributed by atoms with Crippen LogP contribution in [0.5, 0.6) is 0 Å². The van der Waals surface area contributed by atoms with Crippen molar-refractivity contribution in [2.75, 3.05) is 15.6 Å². The fraction of sp³-hybridized carbons (Fsp3) is 0.200. The van der Waals surface area contributed by atoms with Crippen LogP contribution in [0.2, 0.25) is 0 Å². The van der Waals surface area contributed by atoms with Gasteiger partial charge in [-0.1, -0.05) is 55.5 Å². The van der Waals surface area contributed by atoms with E-state index in [1.54, 1.807) is 54.6 Å². The minimum Gasteiger partial charge on any atom is -0.304 e. The molecule has 8 heteroatoms. The summed E-state index contributed by atoms with van der Waals surface area (Å²) < 4.78 is 41.5. The molecule has 1 saturated heterocycles. The lowest BCUT2D eigenvalue weighted by atomic mass is 10.0. The molecule has 2 amide bonds. The Labute approximate surface area is 191 Å². The van der Waals surface area contributed by atoms with Crippen LogP contribution in [0, 0.1) is 5.82 Å². The average molecular weight is 465 g/mol. The number of benzene rings is 3. The van der Waals surface area contributed by atoms with Crippen molar-refractivity contribution in [3.63, 3.8) is 0 Å². The first-order valence-corrected chi connectivity index (χ1v) is 12.3. The second-order valence-electron chi connectivity index (χ2n) is 8.15. The minimum absolute atomic E-state index is 0.156. The van der Waals surface area contributed by atoms with E-state index in [2.05, 4.69) is 0 Å². The molecule has 168 valence electrons. The summed E-state index contributed by atoms with van der Waals surface area (Å²) in [5.74, 6) is -2.73. The van der Waals surface area contributed by atoms with Gasteiger partial charge in [0.25, 0.3) is 10.8 Å². The number of fused-ring (bicyclic) bond motifs is 2. The molecule has 1 spiro atoms. The summed E-state index contributed by atoms with van der Waals surface area (Å²) in [5, 5.41) is 0. The SMILES string of the molecule is CCc1ccc(N2C(=O)CS(=O)(=O)[C@@]23C(=O)N(Cc2ccccc2F)c2ccccc23)cc1. The number of aryl methyl sites for hydroxylation is 1. The number of nitrogens with zero attached hydrogens (tertiary/aromatic N) is 2. The number of carbonyl (C=O) groups is 2. The van der Waals surface area contributed by atoms with Crippen molar-refractivity contribution >= 4 is 33.0 Å². The van der Waals surface area contributed by atoms with Crippen molar-refractivity contribution in [1.82, 2.24) is 0 Å². The van der Waals surface area contributed by atoms with E-state index in [-0.39, 0.29) is 17.7 Å². The molecule has 0 aromatic heterocycles. The van der Waals surface area contributed by atoms with Crippen LogP contribution in [0.25, 0.3) is 0 Å². The fourth-order valence-corrected chi connectivity index (χ4v) is 6.76. The molecule has 0 unspecified atom stereocenters. The lowest BCUT2D eigenvalue weighted by molar-refractivity contribution is -0.123. The fourth-order valence-electron chi connectivity index (χ4n) is 4.73. The number of sulfone groups is 1. The van der Waals surface area contributed by atoms with Crippen LogP contribution in [-0.2, 0) is 37.3 Å². The molecule has 0 aliphatic carbocycles. The van der Waals surface area contributed by atoms with Gasteiger partial charge in [0.15, 0.2) is 9.84 Å². The summed E-state index contributed by atoms with van der Waals surface area (Å²) in [6, 6.07) is 19.5. The molecule has 2 heterocycles. The molecule has 5 rings (SSSR count). The first kappa shape index (κ1) is 21.3. The van der Waals surface area contributed by atoms with Crippen LogP contribution in [0.1, 0.15) is 23.6 Å². The van der Waals surface area contributed by atoms with E-state index >= 15 is 0 Å². The number of rotatable bonds is 4. The van der Waals surface area contributed by atoms with Crippen LogP contribution in [0.3, 0.4) is 0 Å². The highest BCUT2D eigenvalue weighted by Crippen LogP contribution is 2.52. The molecule has 2 aliphatic heterocycles. The summed E-state index contributed by atoms with van der Waals surface area (Å²) >= 11 is 0. The Morgan fingerprint density at radius 2 is 1.61 bits per heavy atom. The van der Waals surface area contributed by atoms with E-state index in [0.717, 1.165) is 16.9 Å². The summed E-state index contributed by atoms with van der Waals surface area (Å²) in [7, 11) is -4.26. The molecule has 0 N–H and O–H groups in total. The van der Waals surface area contributed by atoms with Crippen LogP contribution < -0.4 is 9.80 Å². The van der Waals surface area contributed by atoms with Crippen molar-refractivity contribution < 1.29 is 22.4 Å². The summed E-state index contributed by atoms with van der Waals surface area (Å²) in [4.78, 5) is 27.2. The molecule has 1 atom stereocenters. The molecular formula is C25H21FN2O4S. The third-order valence-electron chi connectivity index (χ3n) is 6.31. The van der Waals surface area contributed by atoms with Crippen molar-refractivity contribution in [2.45, 2.75) is 24.8 Å².